The molecule has 0 unspecified atom stereocenters. The predicted octanol–water partition coefficient (Wildman–Crippen LogP) is 5.00. The van der Waals surface area contributed by atoms with Crippen molar-refractivity contribution in [3.05, 3.63) is 74.6 Å². The van der Waals surface area contributed by atoms with Crippen molar-refractivity contribution in [2.45, 2.75) is 6.61 Å². The molecule has 0 spiro atoms. The van der Waals surface area contributed by atoms with Crippen LogP contribution in [0, 0.1) is 0 Å². The van der Waals surface area contributed by atoms with Crippen LogP contribution in [-0.4, -0.2) is 17.9 Å². The summed E-state index contributed by atoms with van der Waals surface area (Å²) in [5, 5.41) is 1.97. The number of nitrogens with zero attached hydrogens (tertiary/aromatic N) is 2. The highest BCUT2D eigenvalue weighted by Gasteiger charge is 2.29. The first kappa shape index (κ1) is 17.0. The van der Waals surface area contributed by atoms with Crippen LogP contribution < -0.4 is 9.64 Å². The molecule has 6 heteroatoms. The lowest BCUT2D eigenvalue weighted by atomic mass is 10.0. The zero-order valence-corrected chi connectivity index (χ0v) is 16.4. The molecular formula is C20H15BrN2O2S. The van der Waals surface area contributed by atoms with Gasteiger partial charge in [-0.1, -0.05) is 28.1 Å². The normalized spacial score (nSPS) is 14.8. The highest BCUT2D eigenvalue weighted by atomic mass is 79.9. The smallest absolute Gasteiger partial charge is 0.258 e. The molecule has 0 atom stereocenters. The Morgan fingerprint density at radius 2 is 2.04 bits per heavy atom. The van der Waals surface area contributed by atoms with Crippen LogP contribution in [0.15, 0.2) is 57.8 Å². The van der Waals surface area contributed by atoms with E-state index < -0.39 is 0 Å². The first-order valence-corrected chi connectivity index (χ1v) is 9.75. The number of ether oxygens (including phenoxy) is 1. The second kappa shape index (κ2) is 7.05. The van der Waals surface area contributed by atoms with Crippen molar-refractivity contribution in [1.82, 2.24) is 4.98 Å². The van der Waals surface area contributed by atoms with Crippen LogP contribution in [0.25, 0.3) is 11.6 Å². The van der Waals surface area contributed by atoms with E-state index in [2.05, 4.69) is 20.9 Å². The average Bonchev–Trinajstić information content (AvgIpc) is 3.24. The SMILES string of the molecule is CN1C(=O)/C(=C\c2ccc(OCc3cscn3)cc2)c2cc(Br)ccc21. The number of hydrogen-bond acceptors (Lipinski definition) is 4. The second-order valence-electron chi connectivity index (χ2n) is 5.92. The third kappa shape index (κ3) is 3.30. The van der Waals surface area contributed by atoms with Crippen molar-refractivity contribution in [3.63, 3.8) is 0 Å². The molecule has 2 aromatic carbocycles. The summed E-state index contributed by atoms with van der Waals surface area (Å²) in [4.78, 5) is 18.5. The van der Waals surface area contributed by atoms with Crippen molar-refractivity contribution in [2.75, 3.05) is 11.9 Å². The number of carbonyl (C=O) groups excluding carboxylic acids is 1. The number of amides is 1. The fraction of sp³-hybridized carbons (Fsp3) is 0.100. The van der Waals surface area contributed by atoms with Crippen molar-refractivity contribution < 1.29 is 9.53 Å². The lowest BCUT2D eigenvalue weighted by Crippen LogP contribution is -2.20. The van der Waals surface area contributed by atoms with Gasteiger partial charge in [-0.05, 0) is 42.0 Å². The Balaban J connectivity index is 1.57. The minimum Gasteiger partial charge on any atom is -0.487 e. The molecule has 1 aliphatic heterocycles. The number of hydrogen-bond donors (Lipinski definition) is 0. The Labute approximate surface area is 163 Å². The first-order chi connectivity index (χ1) is 12.6. The van der Waals surface area contributed by atoms with Gasteiger partial charge in [0.05, 0.1) is 16.9 Å². The van der Waals surface area contributed by atoms with Gasteiger partial charge in [0.15, 0.2) is 0 Å². The van der Waals surface area contributed by atoms with E-state index in [9.17, 15) is 4.79 Å². The summed E-state index contributed by atoms with van der Waals surface area (Å²) < 4.78 is 6.68. The van der Waals surface area contributed by atoms with Gasteiger partial charge < -0.3 is 9.64 Å². The molecule has 0 fully saturated rings. The molecule has 0 saturated heterocycles. The summed E-state index contributed by atoms with van der Waals surface area (Å²) in [6.45, 7) is 0.453. The minimum absolute atomic E-state index is 0.00181. The van der Waals surface area contributed by atoms with E-state index >= 15 is 0 Å². The number of thiazole rings is 1. The average molecular weight is 427 g/mol. The van der Waals surface area contributed by atoms with Gasteiger partial charge in [-0.3, -0.25) is 4.79 Å². The van der Waals surface area contributed by atoms with Crippen LogP contribution >= 0.6 is 27.3 Å². The molecular weight excluding hydrogens is 412 g/mol. The van der Waals surface area contributed by atoms with Gasteiger partial charge in [-0.15, -0.1) is 11.3 Å². The van der Waals surface area contributed by atoms with Crippen molar-refractivity contribution >= 4 is 50.5 Å². The molecule has 3 aromatic rings. The zero-order chi connectivity index (χ0) is 18.1. The third-order valence-corrected chi connectivity index (χ3v) is 5.33. The van der Waals surface area contributed by atoms with Crippen LogP contribution in [0.2, 0.25) is 0 Å². The van der Waals surface area contributed by atoms with E-state index in [4.69, 9.17) is 4.74 Å². The Morgan fingerprint density at radius 3 is 2.77 bits per heavy atom. The first-order valence-electron chi connectivity index (χ1n) is 8.01. The largest absolute Gasteiger partial charge is 0.487 e. The quantitative estimate of drug-likeness (QED) is 0.551. The van der Waals surface area contributed by atoms with E-state index in [1.165, 1.54) is 0 Å². The molecule has 130 valence electrons. The standard InChI is InChI=1S/C20H15BrN2O2S/c1-23-19-7-4-14(21)9-17(19)18(20(23)24)8-13-2-5-16(6-3-13)25-10-15-11-26-12-22-15/h2-9,11-12H,10H2,1H3/b18-8-. The van der Waals surface area contributed by atoms with Crippen LogP contribution in [-0.2, 0) is 11.4 Å². The van der Waals surface area contributed by atoms with Crippen LogP contribution in [0.1, 0.15) is 16.8 Å². The number of carbonyl (C=O) groups is 1. The van der Waals surface area contributed by atoms with Gasteiger partial charge in [0.2, 0.25) is 0 Å². The number of halogens is 1. The lowest BCUT2D eigenvalue weighted by Gasteiger charge is -2.08. The number of aromatic nitrogens is 1. The summed E-state index contributed by atoms with van der Waals surface area (Å²) in [6.07, 6.45) is 1.92. The van der Waals surface area contributed by atoms with Gasteiger partial charge in [-0.25, -0.2) is 4.98 Å². The second-order valence-corrected chi connectivity index (χ2v) is 7.56. The molecule has 0 aliphatic carbocycles. The number of rotatable bonds is 4. The molecule has 0 N–H and O–H groups in total. The summed E-state index contributed by atoms with van der Waals surface area (Å²) >= 11 is 5.04. The monoisotopic (exact) mass is 426 g/mol. The molecule has 4 nitrogen and oxygen atoms in total. The van der Waals surface area contributed by atoms with Crippen molar-refractivity contribution in [3.8, 4) is 5.75 Å². The lowest BCUT2D eigenvalue weighted by molar-refractivity contribution is -0.112. The highest BCUT2D eigenvalue weighted by molar-refractivity contribution is 9.10. The summed E-state index contributed by atoms with van der Waals surface area (Å²) in [5.74, 6) is 0.778. The van der Waals surface area contributed by atoms with Crippen LogP contribution in [0.4, 0.5) is 5.69 Å². The minimum atomic E-state index is 0.00181. The Bertz CT molecular complexity index is 982. The fourth-order valence-corrected chi connectivity index (χ4v) is 3.76. The predicted molar refractivity (Wildman–Crippen MR) is 108 cm³/mol. The summed E-state index contributed by atoms with van der Waals surface area (Å²) in [5.41, 5.74) is 6.22. The number of likely N-dealkylation sites (N-methyl/N-ethyl adjacent to an activating group) is 1. The van der Waals surface area contributed by atoms with Crippen LogP contribution in [0.3, 0.4) is 0 Å². The molecule has 0 bridgehead atoms. The van der Waals surface area contributed by atoms with Crippen molar-refractivity contribution in [2.24, 2.45) is 0 Å². The number of fused-ring (bicyclic) bond motifs is 1. The highest BCUT2D eigenvalue weighted by Crippen LogP contribution is 2.38. The van der Waals surface area contributed by atoms with E-state index in [1.54, 1.807) is 28.8 Å². The summed E-state index contributed by atoms with van der Waals surface area (Å²) in [6, 6.07) is 13.6. The fourth-order valence-electron chi connectivity index (χ4n) is 2.85. The number of benzene rings is 2. The van der Waals surface area contributed by atoms with E-state index in [0.29, 0.717) is 12.2 Å². The Hall–Kier alpha value is -2.44. The van der Waals surface area contributed by atoms with E-state index in [-0.39, 0.29) is 5.91 Å². The zero-order valence-electron chi connectivity index (χ0n) is 14.0. The molecule has 1 aromatic heterocycles. The molecule has 2 heterocycles. The Kier molecular flexibility index (Phi) is 4.61. The van der Waals surface area contributed by atoms with Crippen molar-refractivity contribution in [1.29, 1.82) is 0 Å². The van der Waals surface area contributed by atoms with Gasteiger partial charge in [0.1, 0.15) is 12.4 Å². The molecule has 26 heavy (non-hydrogen) atoms. The van der Waals surface area contributed by atoms with E-state index in [1.807, 2.05) is 53.9 Å². The van der Waals surface area contributed by atoms with Gasteiger partial charge in [0.25, 0.3) is 5.91 Å². The molecule has 0 saturated carbocycles. The topological polar surface area (TPSA) is 42.4 Å². The maximum atomic E-state index is 12.6. The van der Waals surface area contributed by atoms with Gasteiger partial charge in [-0.2, -0.15) is 0 Å². The molecule has 4 rings (SSSR count). The molecule has 1 aliphatic rings. The van der Waals surface area contributed by atoms with Gasteiger partial charge >= 0.3 is 0 Å². The van der Waals surface area contributed by atoms with Gasteiger partial charge in [0, 0.05) is 28.0 Å². The number of anilines is 1. The molecule has 1 amide bonds. The molecule has 0 radical (unpaired) electrons. The van der Waals surface area contributed by atoms with E-state index in [0.717, 1.165) is 32.7 Å². The Morgan fingerprint density at radius 1 is 1.23 bits per heavy atom. The summed E-state index contributed by atoms with van der Waals surface area (Å²) in [7, 11) is 1.80. The maximum absolute atomic E-state index is 12.6. The third-order valence-electron chi connectivity index (χ3n) is 4.21. The van der Waals surface area contributed by atoms with Crippen LogP contribution in [0.5, 0.6) is 5.75 Å². The maximum Gasteiger partial charge on any atom is 0.258 e.